The number of hydroxylamine groups is 1. The van der Waals surface area contributed by atoms with Crippen molar-refractivity contribution in [3.8, 4) is 0 Å². The monoisotopic (exact) mass is 502 g/mol. The molecule has 2 rings (SSSR count). The summed E-state index contributed by atoms with van der Waals surface area (Å²) in [5, 5.41) is 11.4. The van der Waals surface area contributed by atoms with Crippen LogP contribution in [0, 0.1) is 15.2 Å². The first kappa shape index (κ1) is 21.3. The number of amides is 1. The Labute approximate surface area is 163 Å². The van der Waals surface area contributed by atoms with Crippen molar-refractivity contribution >= 4 is 39.9 Å². The van der Waals surface area contributed by atoms with Gasteiger partial charge in [0.15, 0.2) is 6.10 Å². The van der Waals surface area contributed by atoms with Crippen molar-refractivity contribution in [1.82, 2.24) is 5.48 Å². The summed E-state index contributed by atoms with van der Waals surface area (Å²) in [6.07, 6.45) is -7.69. The number of alkyl halides is 3. The van der Waals surface area contributed by atoms with E-state index in [1.54, 1.807) is 11.5 Å². The minimum Gasteiger partial charge on any atom is -0.381 e. The molecule has 27 heavy (non-hydrogen) atoms. The number of aliphatic hydroxyl groups excluding tert-OH is 1. The Kier molecular flexibility index (Phi) is 6.95. The van der Waals surface area contributed by atoms with Gasteiger partial charge in [0.05, 0.1) is 16.9 Å². The van der Waals surface area contributed by atoms with E-state index >= 15 is 0 Å². The highest BCUT2D eigenvalue weighted by atomic mass is 127. The lowest BCUT2D eigenvalue weighted by molar-refractivity contribution is -0.221. The first-order chi connectivity index (χ1) is 12.6. The first-order valence-electron chi connectivity index (χ1n) is 7.26. The number of hydrogen-bond donors (Lipinski definition) is 3. The summed E-state index contributed by atoms with van der Waals surface area (Å²) in [4.78, 5) is 16.4. The molecule has 0 heterocycles. The molecular weight excluding hydrogens is 490 g/mol. The number of anilines is 2. The van der Waals surface area contributed by atoms with Crippen LogP contribution in [0.1, 0.15) is 10.4 Å². The summed E-state index contributed by atoms with van der Waals surface area (Å²) in [5.74, 6) is -2.40. The van der Waals surface area contributed by atoms with Crippen LogP contribution in [0.2, 0.25) is 0 Å². The molecule has 0 aromatic heterocycles. The minimum absolute atomic E-state index is 0.0384. The number of benzene rings is 2. The van der Waals surface area contributed by atoms with Crippen molar-refractivity contribution in [2.24, 2.45) is 0 Å². The fourth-order valence-electron chi connectivity index (χ4n) is 1.89. The molecule has 2 aromatic carbocycles. The summed E-state index contributed by atoms with van der Waals surface area (Å²) in [7, 11) is 0. The van der Waals surface area contributed by atoms with Gasteiger partial charge in [-0.1, -0.05) is 0 Å². The SMILES string of the molecule is O=C(NOCC(O)C(F)(F)F)c1ccc(F)cc1Nc1ccc(I)cc1F. The van der Waals surface area contributed by atoms with Crippen LogP contribution in [-0.4, -0.2) is 29.9 Å². The normalized spacial score (nSPS) is 12.6. The molecule has 2 aromatic rings. The standard InChI is InChI=1S/C16H12F5IN2O3/c17-8-1-3-10(15(26)24-27-7-14(25)16(19,20)21)13(5-8)23-12-4-2-9(22)6-11(12)18/h1-6,14,23,25H,7H2,(H,24,26). The second-order valence-corrected chi connectivity index (χ2v) is 6.48. The maximum Gasteiger partial charge on any atom is 0.416 e. The molecule has 0 fully saturated rings. The number of halogens is 6. The van der Waals surface area contributed by atoms with Crippen LogP contribution in [0.4, 0.5) is 33.3 Å². The average molecular weight is 502 g/mol. The zero-order valence-corrected chi connectivity index (χ0v) is 15.4. The fraction of sp³-hybridized carbons (Fsp3) is 0.188. The van der Waals surface area contributed by atoms with E-state index < -0.39 is 36.4 Å². The molecule has 0 aliphatic carbocycles. The molecule has 1 amide bonds. The topological polar surface area (TPSA) is 70.6 Å². The summed E-state index contributed by atoms with van der Waals surface area (Å²) < 4.78 is 64.6. The van der Waals surface area contributed by atoms with Crippen molar-refractivity contribution < 1.29 is 36.7 Å². The second-order valence-electron chi connectivity index (χ2n) is 5.24. The van der Waals surface area contributed by atoms with Gasteiger partial charge in [-0.2, -0.15) is 13.2 Å². The summed E-state index contributed by atoms with van der Waals surface area (Å²) >= 11 is 1.89. The van der Waals surface area contributed by atoms with E-state index in [0.29, 0.717) is 3.57 Å². The van der Waals surface area contributed by atoms with Gasteiger partial charge in [-0.05, 0) is 59.0 Å². The van der Waals surface area contributed by atoms with E-state index in [4.69, 9.17) is 5.11 Å². The molecule has 0 spiro atoms. The summed E-state index contributed by atoms with van der Waals surface area (Å²) in [5.41, 5.74) is 1.33. The Morgan fingerprint density at radius 2 is 1.85 bits per heavy atom. The van der Waals surface area contributed by atoms with Crippen molar-refractivity contribution in [2.45, 2.75) is 12.3 Å². The van der Waals surface area contributed by atoms with E-state index in [9.17, 15) is 26.7 Å². The zero-order chi connectivity index (χ0) is 20.2. The Morgan fingerprint density at radius 3 is 2.48 bits per heavy atom. The van der Waals surface area contributed by atoms with E-state index in [0.717, 1.165) is 18.2 Å². The third kappa shape index (κ3) is 6.01. The molecule has 0 saturated carbocycles. The molecule has 1 atom stereocenters. The maximum atomic E-state index is 14.0. The molecule has 11 heteroatoms. The highest BCUT2D eigenvalue weighted by Gasteiger charge is 2.38. The molecular formula is C16H12F5IN2O3. The number of aliphatic hydroxyl groups is 1. The van der Waals surface area contributed by atoms with Crippen LogP contribution in [0.15, 0.2) is 36.4 Å². The fourth-order valence-corrected chi connectivity index (χ4v) is 2.34. The molecule has 146 valence electrons. The third-order valence-corrected chi connectivity index (χ3v) is 3.88. The number of carbonyl (C=O) groups is 1. The highest BCUT2D eigenvalue weighted by molar-refractivity contribution is 14.1. The molecule has 0 aliphatic heterocycles. The first-order valence-corrected chi connectivity index (χ1v) is 8.34. The van der Waals surface area contributed by atoms with Gasteiger partial charge in [-0.25, -0.2) is 14.3 Å². The van der Waals surface area contributed by atoms with Crippen LogP contribution >= 0.6 is 22.6 Å². The van der Waals surface area contributed by atoms with Crippen molar-refractivity contribution in [1.29, 1.82) is 0 Å². The highest BCUT2D eigenvalue weighted by Crippen LogP contribution is 2.25. The lowest BCUT2D eigenvalue weighted by Crippen LogP contribution is -2.36. The number of hydrogen-bond acceptors (Lipinski definition) is 4. The van der Waals surface area contributed by atoms with Crippen LogP contribution in [0.5, 0.6) is 0 Å². The number of rotatable bonds is 6. The molecule has 0 aliphatic rings. The van der Waals surface area contributed by atoms with Crippen LogP contribution in [0.25, 0.3) is 0 Å². The van der Waals surface area contributed by atoms with Crippen LogP contribution in [-0.2, 0) is 4.84 Å². The Morgan fingerprint density at radius 1 is 1.15 bits per heavy atom. The predicted octanol–water partition coefficient (Wildman–Crippen LogP) is 3.90. The smallest absolute Gasteiger partial charge is 0.381 e. The van der Waals surface area contributed by atoms with Gasteiger partial charge in [0.2, 0.25) is 0 Å². The van der Waals surface area contributed by atoms with Gasteiger partial charge in [0.25, 0.3) is 5.91 Å². The van der Waals surface area contributed by atoms with Gasteiger partial charge >= 0.3 is 6.18 Å². The van der Waals surface area contributed by atoms with Crippen LogP contribution in [0.3, 0.4) is 0 Å². The van der Waals surface area contributed by atoms with Crippen molar-refractivity contribution in [2.75, 3.05) is 11.9 Å². The predicted molar refractivity (Wildman–Crippen MR) is 94.3 cm³/mol. The summed E-state index contributed by atoms with van der Waals surface area (Å²) in [6.45, 7) is -1.23. The lowest BCUT2D eigenvalue weighted by Gasteiger charge is -2.16. The molecule has 0 saturated heterocycles. The molecule has 3 N–H and O–H groups in total. The lowest BCUT2D eigenvalue weighted by atomic mass is 10.1. The minimum atomic E-state index is -4.91. The van der Waals surface area contributed by atoms with E-state index in [1.165, 1.54) is 12.1 Å². The number of carbonyl (C=O) groups excluding carboxylic acids is 1. The number of nitrogens with one attached hydrogen (secondary N) is 2. The van der Waals surface area contributed by atoms with Gasteiger partial charge in [0, 0.05) is 3.57 Å². The molecule has 1 unspecified atom stereocenters. The zero-order valence-electron chi connectivity index (χ0n) is 13.3. The van der Waals surface area contributed by atoms with Gasteiger partial charge in [-0.15, -0.1) is 0 Å². The second kappa shape index (κ2) is 8.80. The van der Waals surface area contributed by atoms with E-state index in [-0.39, 0.29) is 16.9 Å². The summed E-state index contributed by atoms with van der Waals surface area (Å²) in [6, 6.07) is 7.06. The van der Waals surface area contributed by atoms with Gasteiger partial charge in [0.1, 0.15) is 18.2 Å². The van der Waals surface area contributed by atoms with Gasteiger partial charge in [-0.3, -0.25) is 9.63 Å². The molecule has 5 nitrogen and oxygen atoms in total. The Bertz CT molecular complexity index is 832. The van der Waals surface area contributed by atoms with Gasteiger partial charge < -0.3 is 10.4 Å². The van der Waals surface area contributed by atoms with Crippen molar-refractivity contribution in [3.63, 3.8) is 0 Å². The van der Waals surface area contributed by atoms with Crippen molar-refractivity contribution in [3.05, 3.63) is 57.2 Å². The van der Waals surface area contributed by atoms with E-state index in [1.807, 2.05) is 22.6 Å². The van der Waals surface area contributed by atoms with E-state index in [2.05, 4.69) is 10.2 Å². The molecule has 0 radical (unpaired) electrons. The Balaban J connectivity index is 2.14. The van der Waals surface area contributed by atoms with Crippen LogP contribution < -0.4 is 10.8 Å². The maximum absolute atomic E-state index is 14.0. The molecule has 0 bridgehead atoms. The largest absolute Gasteiger partial charge is 0.416 e. The quantitative estimate of drug-likeness (QED) is 0.319. The average Bonchev–Trinajstić information content (AvgIpc) is 2.56. The Hall–Kier alpha value is -1.99. The third-order valence-electron chi connectivity index (χ3n) is 3.21.